The first-order chi connectivity index (χ1) is 12.9. The number of rotatable bonds is 6. The fourth-order valence-electron chi connectivity index (χ4n) is 2.90. The summed E-state index contributed by atoms with van der Waals surface area (Å²) in [5.74, 6) is -2.87. The molecule has 3 aromatic rings. The number of carbonyl (C=O) groups is 3. The molecule has 1 heterocycles. The molecule has 0 spiro atoms. The third kappa shape index (κ3) is 4.06. The van der Waals surface area contributed by atoms with Gasteiger partial charge in [-0.2, -0.15) is 0 Å². The number of halogens is 2. The van der Waals surface area contributed by atoms with Crippen molar-refractivity contribution in [1.82, 2.24) is 4.98 Å². The number of ether oxygens (including phenoxy) is 1. The molecule has 0 saturated carbocycles. The Hall–Kier alpha value is -2.99. The molecule has 2 aromatic carbocycles. The van der Waals surface area contributed by atoms with E-state index in [2.05, 4.69) is 9.72 Å². The third-order valence-electron chi connectivity index (χ3n) is 4.15. The number of methoxy groups -OCH3 is 1. The van der Waals surface area contributed by atoms with E-state index in [1.54, 1.807) is 30.3 Å². The van der Waals surface area contributed by atoms with Crippen LogP contribution >= 0.6 is 11.6 Å². The van der Waals surface area contributed by atoms with Gasteiger partial charge in [0.25, 0.3) is 0 Å². The summed E-state index contributed by atoms with van der Waals surface area (Å²) in [6, 6.07) is 10.9. The number of carbonyl (C=O) groups excluding carboxylic acids is 3. The molecule has 0 radical (unpaired) electrons. The van der Waals surface area contributed by atoms with Crippen LogP contribution in [0.4, 0.5) is 4.39 Å². The summed E-state index contributed by atoms with van der Waals surface area (Å²) in [5, 5.41) is 0.991. The van der Waals surface area contributed by atoms with Crippen LogP contribution in [-0.2, 0) is 20.7 Å². The van der Waals surface area contributed by atoms with Crippen LogP contribution in [0.25, 0.3) is 10.9 Å². The lowest BCUT2D eigenvalue weighted by atomic mass is 9.99. The molecule has 0 fully saturated rings. The Morgan fingerprint density at radius 2 is 1.81 bits per heavy atom. The molecule has 0 aliphatic carbocycles. The minimum absolute atomic E-state index is 0.286. The third-order valence-corrected chi connectivity index (χ3v) is 4.38. The first kappa shape index (κ1) is 18.8. The molecule has 0 atom stereocenters. The summed E-state index contributed by atoms with van der Waals surface area (Å²) in [5.41, 5.74) is 2.29. The lowest BCUT2D eigenvalue weighted by Crippen LogP contribution is -2.19. The first-order valence-electron chi connectivity index (χ1n) is 8.08. The monoisotopic (exact) mass is 387 g/mol. The number of hydrogen-bond donors (Lipinski definition) is 1. The SMILES string of the molecule is COC(=O)C(=O)CC(=O)c1c(Cc2ccc(F)cc2)[nH]c2ccc(Cl)cc12. The summed E-state index contributed by atoms with van der Waals surface area (Å²) >= 11 is 6.05. The van der Waals surface area contributed by atoms with Gasteiger partial charge in [-0.05, 0) is 35.9 Å². The number of H-pyrrole nitrogens is 1. The van der Waals surface area contributed by atoms with Gasteiger partial charge in [-0.3, -0.25) is 9.59 Å². The number of esters is 1. The molecule has 7 heteroatoms. The number of benzene rings is 2. The number of Topliss-reactive ketones (excluding diaryl/α,β-unsaturated/α-hetero) is 2. The number of aromatic nitrogens is 1. The predicted octanol–water partition coefficient (Wildman–Crippen LogP) is 3.87. The zero-order valence-corrected chi connectivity index (χ0v) is 15.1. The number of aromatic amines is 1. The Balaban J connectivity index is 2.03. The molecule has 0 amide bonds. The zero-order valence-electron chi connectivity index (χ0n) is 14.3. The Kier molecular flexibility index (Phi) is 5.37. The van der Waals surface area contributed by atoms with Crippen molar-refractivity contribution in [3.8, 4) is 0 Å². The Morgan fingerprint density at radius 1 is 1.11 bits per heavy atom. The molecule has 1 N–H and O–H groups in total. The van der Waals surface area contributed by atoms with Crippen molar-refractivity contribution in [3.63, 3.8) is 0 Å². The van der Waals surface area contributed by atoms with E-state index >= 15 is 0 Å². The average molecular weight is 388 g/mol. The molecule has 0 saturated heterocycles. The number of hydrogen-bond acceptors (Lipinski definition) is 4. The second-order valence-corrected chi connectivity index (χ2v) is 6.42. The van der Waals surface area contributed by atoms with Crippen molar-refractivity contribution in [2.45, 2.75) is 12.8 Å². The minimum Gasteiger partial charge on any atom is -0.463 e. The lowest BCUT2D eigenvalue weighted by Gasteiger charge is -2.05. The molecule has 138 valence electrons. The van der Waals surface area contributed by atoms with Gasteiger partial charge in [-0.25, -0.2) is 9.18 Å². The van der Waals surface area contributed by atoms with E-state index in [1.807, 2.05) is 0 Å². The number of fused-ring (bicyclic) bond motifs is 1. The highest BCUT2D eigenvalue weighted by Gasteiger charge is 2.24. The van der Waals surface area contributed by atoms with Crippen LogP contribution in [0.3, 0.4) is 0 Å². The van der Waals surface area contributed by atoms with Gasteiger partial charge in [-0.15, -0.1) is 0 Å². The fraction of sp³-hybridized carbons (Fsp3) is 0.150. The molecular weight excluding hydrogens is 373 g/mol. The van der Waals surface area contributed by atoms with Crippen molar-refractivity contribution in [3.05, 3.63) is 70.1 Å². The maximum Gasteiger partial charge on any atom is 0.374 e. The van der Waals surface area contributed by atoms with Gasteiger partial charge in [0, 0.05) is 33.6 Å². The average Bonchev–Trinajstić information content (AvgIpc) is 2.99. The van der Waals surface area contributed by atoms with Gasteiger partial charge in [0.2, 0.25) is 5.78 Å². The smallest absolute Gasteiger partial charge is 0.374 e. The number of ketones is 2. The van der Waals surface area contributed by atoms with Crippen LogP contribution in [0.5, 0.6) is 0 Å². The van der Waals surface area contributed by atoms with E-state index < -0.39 is 24.0 Å². The van der Waals surface area contributed by atoms with Crippen molar-refractivity contribution in [1.29, 1.82) is 0 Å². The highest BCUT2D eigenvalue weighted by Crippen LogP contribution is 2.28. The van der Waals surface area contributed by atoms with Crippen molar-refractivity contribution >= 4 is 40.0 Å². The van der Waals surface area contributed by atoms with Crippen molar-refractivity contribution < 1.29 is 23.5 Å². The van der Waals surface area contributed by atoms with E-state index in [1.165, 1.54) is 12.1 Å². The van der Waals surface area contributed by atoms with Crippen LogP contribution in [0.15, 0.2) is 42.5 Å². The molecule has 0 aliphatic heterocycles. The van der Waals surface area contributed by atoms with Gasteiger partial charge in [0.1, 0.15) is 5.82 Å². The van der Waals surface area contributed by atoms with Crippen LogP contribution in [0.1, 0.15) is 28.0 Å². The largest absolute Gasteiger partial charge is 0.463 e. The van der Waals surface area contributed by atoms with Crippen molar-refractivity contribution in [2.75, 3.05) is 7.11 Å². The highest BCUT2D eigenvalue weighted by atomic mass is 35.5. The van der Waals surface area contributed by atoms with E-state index in [9.17, 15) is 18.8 Å². The molecule has 0 unspecified atom stereocenters. The number of nitrogens with one attached hydrogen (secondary N) is 1. The van der Waals surface area contributed by atoms with E-state index in [0.29, 0.717) is 28.0 Å². The Labute approximate surface area is 159 Å². The topological polar surface area (TPSA) is 76.2 Å². The van der Waals surface area contributed by atoms with Gasteiger partial charge < -0.3 is 9.72 Å². The van der Waals surface area contributed by atoms with Crippen LogP contribution in [0, 0.1) is 5.82 Å². The molecule has 0 aliphatic rings. The van der Waals surface area contributed by atoms with E-state index in [0.717, 1.165) is 12.7 Å². The van der Waals surface area contributed by atoms with Crippen LogP contribution in [0.2, 0.25) is 5.02 Å². The zero-order chi connectivity index (χ0) is 19.6. The van der Waals surface area contributed by atoms with E-state index in [4.69, 9.17) is 11.6 Å². The van der Waals surface area contributed by atoms with Gasteiger partial charge in [0.05, 0.1) is 13.5 Å². The Bertz CT molecular complexity index is 1040. The minimum atomic E-state index is -1.07. The summed E-state index contributed by atoms with van der Waals surface area (Å²) in [7, 11) is 1.08. The molecule has 0 bridgehead atoms. The fourth-order valence-corrected chi connectivity index (χ4v) is 3.07. The van der Waals surface area contributed by atoms with Crippen molar-refractivity contribution in [2.24, 2.45) is 0 Å². The Morgan fingerprint density at radius 3 is 2.48 bits per heavy atom. The predicted molar refractivity (Wildman–Crippen MR) is 98.5 cm³/mol. The van der Waals surface area contributed by atoms with E-state index in [-0.39, 0.29) is 11.4 Å². The second-order valence-electron chi connectivity index (χ2n) is 5.99. The van der Waals surface area contributed by atoms with Gasteiger partial charge >= 0.3 is 5.97 Å². The quantitative estimate of drug-likeness (QED) is 0.301. The highest BCUT2D eigenvalue weighted by molar-refractivity contribution is 6.38. The first-order valence-corrected chi connectivity index (χ1v) is 8.45. The molecule has 1 aromatic heterocycles. The lowest BCUT2D eigenvalue weighted by molar-refractivity contribution is -0.151. The van der Waals surface area contributed by atoms with Gasteiger partial charge in [-0.1, -0.05) is 23.7 Å². The maximum atomic E-state index is 13.1. The molecular formula is C20H15ClFNO4. The molecule has 5 nitrogen and oxygen atoms in total. The summed E-state index contributed by atoms with van der Waals surface area (Å²) in [4.78, 5) is 39.1. The second kappa shape index (κ2) is 7.72. The van der Waals surface area contributed by atoms with Crippen LogP contribution in [-0.4, -0.2) is 29.6 Å². The normalized spacial score (nSPS) is 10.8. The summed E-state index contributed by atoms with van der Waals surface area (Å²) < 4.78 is 17.5. The maximum absolute atomic E-state index is 13.1. The summed E-state index contributed by atoms with van der Waals surface area (Å²) in [6.07, 6.45) is -0.289. The van der Waals surface area contributed by atoms with Crippen LogP contribution < -0.4 is 0 Å². The summed E-state index contributed by atoms with van der Waals surface area (Å²) in [6.45, 7) is 0. The molecule has 27 heavy (non-hydrogen) atoms. The standard InChI is InChI=1S/C20H15ClFNO4/c1-27-20(26)18(25)10-17(24)19-14-9-12(21)4-7-15(14)23-16(19)8-11-2-5-13(22)6-3-11/h2-7,9,23H,8,10H2,1H3. The molecule has 3 rings (SSSR count). The van der Waals surface area contributed by atoms with Gasteiger partial charge in [0.15, 0.2) is 5.78 Å².